The molecule has 1 saturated carbocycles. The van der Waals surface area contributed by atoms with Gasteiger partial charge in [0.05, 0.1) is 6.61 Å². The molecule has 1 fully saturated rings. The monoisotopic (exact) mass is 182 g/mol. The molecule has 0 aromatic rings. The van der Waals surface area contributed by atoms with Crippen LogP contribution in [0.1, 0.15) is 51.9 Å². The van der Waals surface area contributed by atoms with Crippen molar-refractivity contribution < 1.29 is 5.11 Å². The SMILES string of the molecule is CC(=CCCC1CCCCC1)CO. The van der Waals surface area contributed by atoms with E-state index in [1.54, 1.807) is 0 Å². The summed E-state index contributed by atoms with van der Waals surface area (Å²) in [6, 6.07) is 0. The van der Waals surface area contributed by atoms with E-state index in [-0.39, 0.29) is 6.61 Å². The van der Waals surface area contributed by atoms with Crippen LogP contribution in [0.25, 0.3) is 0 Å². The van der Waals surface area contributed by atoms with Gasteiger partial charge < -0.3 is 5.11 Å². The van der Waals surface area contributed by atoms with Crippen molar-refractivity contribution in [2.75, 3.05) is 6.61 Å². The molecule has 13 heavy (non-hydrogen) atoms. The molecular formula is C12H22O. The van der Waals surface area contributed by atoms with Crippen molar-refractivity contribution >= 4 is 0 Å². The molecule has 76 valence electrons. The number of aliphatic hydroxyl groups excluding tert-OH is 1. The normalized spacial score (nSPS) is 20.6. The third kappa shape index (κ3) is 4.47. The third-order valence-electron chi connectivity index (χ3n) is 3.04. The van der Waals surface area contributed by atoms with Crippen LogP contribution in [0, 0.1) is 5.92 Å². The van der Waals surface area contributed by atoms with Crippen molar-refractivity contribution in [2.24, 2.45) is 5.92 Å². The first-order valence-electron chi connectivity index (χ1n) is 5.59. The first-order chi connectivity index (χ1) is 6.33. The topological polar surface area (TPSA) is 20.2 Å². The summed E-state index contributed by atoms with van der Waals surface area (Å²) in [5.41, 5.74) is 1.12. The molecule has 1 heteroatoms. The molecular weight excluding hydrogens is 160 g/mol. The van der Waals surface area contributed by atoms with Crippen LogP contribution in [0.3, 0.4) is 0 Å². The molecule has 0 atom stereocenters. The van der Waals surface area contributed by atoms with Gasteiger partial charge in [0.2, 0.25) is 0 Å². The molecule has 0 unspecified atom stereocenters. The van der Waals surface area contributed by atoms with Gasteiger partial charge in [0.1, 0.15) is 0 Å². The van der Waals surface area contributed by atoms with E-state index >= 15 is 0 Å². The average Bonchev–Trinajstić information content (AvgIpc) is 2.19. The lowest BCUT2D eigenvalue weighted by atomic mass is 9.86. The molecule has 1 rings (SSSR count). The second-order valence-corrected chi connectivity index (χ2v) is 4.29. The van der Waals surface area contributed by atoms with E-state index in [1.807, 2.05) is 6.92 Å². The van der Waals surface area contributed by atoms with Crippen LogP contribution >= 0.6 is 0 Å². The largest absolute Gasteiger partial charge is 0.392 e. The summed E-state index contributed by atoms with van der Waals surface area (Å²) in [7, 11) is 0. The standard InChI is InChI=1S/C12H22O/c1-11(10-13)6-5-9-12-7-3-2-4-8-12/h6,12-13H,2-5,7-10H2,1H3. The van der Waals surface area contributed by atoms with Crippen LogP contribution in [0.2, 0.25) is 0 Å². The highest BCUT2D eigenvalue weighted by Gasteiger charge is 2.11. The first kappa shape index (κ1) is 10.8. The zero-order valence-corrected chi connectivity index (χ0v) is 8.76. The second-order valence-electron chi connectivity index (χ2n) is 4.29. The zero-order chi connectivity index (χ0) is 9.52. The lowest BCUT2D eigenvalue weighted by Gasteiger charge is -2.20. The molecule has 1 aliphatic rings. The average molecular weight is 182 g/mol. The summed E-state index contributed by atoms with van der Waals surface area (Å²) in [6.07, 6.45) is 11.9. The van der Waals surface area contributed by atoms with Crippen molar-refractivity contribution in [3.05, 3.63) is 11.6 Å². The van der Waals surface area contributed by atoms with Crippen LogP contribution in [0.5, 0.6) is 0 Å². The maximum atomic E-state index is 8.80. The van der Waals surface area contributed by atoms with Gasteiger partial charge in [0, 0.05) is 0 Å². The minimum absolute atomic E-state index is 0.227. The summed E-state index contributed by atoms with van der Waals surface area (Å²) < 4.78 is 0. The summed E-state index contributed by atoms with van der Waals surface area (Å²) in [6.45, 7) is 2.23. The van der Waals surface area contributed by atoms with Crippen LogP contribution in [0.4, 0.5) is 0 Å². The molecule has 0 heterocycles. The molecule has 1 N–H and O–H groups in total. The smallest absolute Gasteiger partial charge is 0.0639 e. The highest BCUT2D eigenvalue weighted by molar-refractivity contribution is 4.97. The summed E-state index contributed by atoms with van der Waals surface area (Å²) in [5, 5.41) is 8.80. The Morgan fingerprint density at radius 3 is 2.62 bits per heavy atom. The molecule has 1 aliphatic carbocycles. The minimum atomic E-state index is 0.227. The Morgan fingerprint density at radius 1 is 1.31 bits per heavy atom. The van der Waals surface area contributed by atoms with Crippen LogP contribution in [-0.4, -0.2) is 11.7 Å². The van der Waals surface area contributed by atoms with Crippen molar-refractivity contribution in [3.63, 3.8) is 0 Å². The van der Waals surface area contributed by atoms with Crippen LogP contribution in [0.15, 0.2) is 11.6 Å². The third-order valence-corrected chi connectivity index (χ3v) is 3.04. The Hall–Kier alpha value is -0.300. The fraction of sp³-hybridized carbons (Fsp3) is 0.833. The maximum Gasteiger partial charge on any atom is 0.0639 e. The van der Waals surface area contributed by atoms with Crippen molar-refractivity contribution in [1.29, 1.82) is 0 Å². The van der Waals surface area contributed by atoms with Crippen LogP contribution in [-0.2, 0) is 0 Å². The van der Waals surface area contributed by atoms with E-state index in [0.717, 1.165) is 17.9 Å². The Morgan fingerprint density at radius 2 is 2.00 bits per heavy atom. The van der Waals surface area contributed by atoms with Gasteiger partial charge in [-0.2, -0.15) is 0 Å². The van der Waals surface area contributed by atoms with Crippen molar-refractivity contribution in [3.8, 4) is 0 Å². The minimum Gasteiger partial charge on any atom is -0.392 e. The van der Waals surface area contributed by atoms with Gasteiger partial charge in [0.25, 0.3) is 0 Å². The lowest BCUT2D eigenvalue weighted by Crippen LogP contribution is -2.05. The predicted octanol–water partition coefficient (Wildman–Crippen LogP) is 3.29. The highest BCUT2D eigenvalue weighted by Crippen LogP contribution is 2.27. The number of hydrogen-bond acceptors (Lipinski definition) is 1. The van der Waals surface area contributed by atoms with Crippen LogP contribution < -0.4 is 0 Å². The van der Waals surface area contributed by atoms with Crippen molar-refractivity contribution in [1.82, 2.24) is 0 Å². The van der Waals surface area contributed by atoms with E-state index in [1.165, 1.54) is 38.5 Å². The molecule has 1 nitrogen and oxygen atoms in total. The van der Waals surface area contributed by atoms with Gasteiger partial charge in [-0.1, -0.05) is 43.8 Å². The Bertz CT molecular complexity index is 155. The Balaban J connectivity index is 2.10. The number of allylic oxidation sites excluding steroid dienone is 1. The van der Waals surface area contributed by atoms with Gasteiger partial charge in [-0.05, 0) is 25.7 Å². The number of aliphatic hydroxyl groups is 1. The Kier molecular flexibility index (Phi) is 5.14. The van der Waals surface area contributed by atoms with E-state index in [0.29, 0.717) is 0 Å². The maximum absolute atomic E-state index is 8.80. The second kappa shape index (κ2) is 6.20. The molecule has 0 radical (unpaired) electrons. The molecule has 0 bridgehead atoms. The number of hydrogen-bond donors (Lipinski definition) is 1. The van der Waals surface area contributed by atoms with E-state index in [4.69, 9.17) is 5.11 Å². The highest BCUT2D eigenvalue weighted by atomic mass is 16.3. The molecule has 0 aromatic heterocycles. The fourth-order valence-corrected chi connectivity index (χ4v) is 2.11. The van der Waals surface area contributed by atoms with Gasteiger partial charge >= 0.3 is 0 Å². The summed E-state index contributed by atoms with van der Waals surface area (Å²) in [5.74, 6) is 0.969. The van der Waals surface area contributed by atoms with E-state index in [2.05, 4.69) is 6.08 Å². The van der Waals surface area contributed by atoms with Gasteiger partial charge in [-0.15, -0.1) is 0 Å². The van der Waals surface area contributed by atoms with Gasteiger partial charge in [0.15, 0.2) is 0 Å². The summed E-state index contributed by atoms with van der Waals surface area (Å²) in [4.78, 5) is 0. The first-order valence-corrected chi connectivity index (χ1v) is 5.59. The molecule has 0 saturated heterocycles. The molecule has 0 aromatic carbocycles. The fourth-order valence-electron chi connectivity index (χ4n) is 2.11. The van der Waals surface area contributed by atoms with E-state index in [9.17, 15) is 0 Å². The van der Waals surface area contributed by atoms with E-state index < -0.39 is 0 Å². The lowest BCUT2D eigenvalue weighted by molar-refractivity contribution is 0.327. The Labute approximate surface area is 81.9 Å². The molecule has 0 aliphatic heterocycles. The quantitative estimate of drug-likeness (QED) is 0.661. The number of rotatable bonds is 4. The molecule has 0 spiro atoms. The predicted molar refractivity (Wildman–Crippen MR) is 56.7 cm³/mol. The van der Waals surface area contributed by atoms with Crippen molar-refractivity contribution in [2.45, 2.75) is 51.9 Å². The van der Waals surface area contributed by atoms with Gasteiger partial charge in [-0.25, -0.2) is 0 Å². The zero-order valence-electron chi connectivity index (χ0n) is 8.76. The molecule has 0 amide bonds. The van der Waals surface area contributed by atoms with Gasteiger partial charge in [-0.3, -0.25) is 0 Å². The summed E-state index contributed by atoms with van der Waals surface area (Å²) >= 11 is 0.